The van der Waals surface area contributed by atoms with E-state index in [9.17, 15) is 63.9 Å². The predicted molar refractivity (Wildman–Crippen MR) is 476 cm³/mol. The monoisotopic (exact) mass is 1760 g/mol. The first-order chi connectivity index (χ1) is 61.9. The van der Waals surface area contributed by atoms with Gasteiger partial charge in [-0.3, -0.25) is 43.7 Å². The molecule has 664 valence electrons. The van der Waals surface area contributed by atoms with Crippen molar-refractivity contribution in [1.82, 2.24) is 70.9 Å². The fraction of sp³-hybridized carbons (Fsp3) is 0.230. The van der Waals surface area contributed by atoms with Crippen molar-refractivity contribution >= 4 is 46.3 Å². The summed E-state index contributed by atoms with van der Waals surface area (Å²) < 4.78 is 123. The van der Waals surface area contributed by atoms with Gasteiger partial charge in [-0.25, -0.2) is 45.1 Å². The van der Waals surface area contributed by atoms with E-state index < -0.39 is 76.5 Å². The summed E-state index contributed by atoms with van der Waals surface area (Å²) in [6.07, 6.45) is 11.8. The van der Waals surface area contributed by atoms with Crippen molar-refractivity contribution in [2.24, 2.45) is 0 Å². The van der Waals surface area contributed by atoms with Crippen molar-refractivity contribution in [1.29, 1.82) is 0 Å². The van der Waals surface area contributed by atoms with Gasteiger partial charge in [0, 0.05) is 128 Å². The van der Waals surface area contributed by atoms with Crippen molar-refractivity contribution in [2.75, 3.05) is 21.1 Å². The Balaban J connectivity index is 0.000000176. The lowest BCUT2D eigenvalue weighted by Gasteiger charge is -2.22. The van der Waals surface area contributed by atoms with Gasteiger partial charge in [0.2, 0.25) is 17.7 Å². The number of H-pyrrole nitrogens is 1. The van der Waals surface area contributed by atoms with Gasteiger partial charge in [-0.05, 0) is 185 Å². The van der Waals surface area contributed by atoms with E-state index in [1.807, 2.05) is 114 Å². The zero-order valence-corrected chi connectivity index (χ0v) is 72.4. The van der Waals surface area contributed by atoms with Gasteiger partial charge in [0.15, 0.2) is 0 Å². The van der Waals surface area contributed by atoms with Crippen LogP contribution >= 0.6 is 0 Å². The number of hydrogen-bond donors (Lipinski definition) is 7. The molecule has 8 aromatic carbocycles. The second kappa shape index (κ2) is 42.9. The second-order valence-corrected chi connectivity index (χ2v) is 31.8. The molecule has 29 heteroatoms. The summed E-state index contributed by atoms with van der Waals surface area (Å²) in [4.78, 5) is 103. The Morgan fingerprint density at radius 2 is 0.876 bits per heavy atom. The number of carbonyl (C=O) groups is 6. The van der Waals surface area contributed by atoms with E-state index >= 15 is 0 Å². The standard InChI is InChI=1S/C39H34F2N4O3.C32H34F3N5O2.C29H28F3N5O2/c1-24-14-34-33(21-36(24)48-23-25-8-4-3-5-9-25)29(22-44-34)19-37(46)45-35(17-26-15-30(40)20-31(41)16-26)38-32(12-7-13-43-38)27-10-6-11-28(18-27)39(47)42-2;1-18(2)28-16-40(31(39-28)19(3)4)17-29(41)38-27(13-20-11-22(33)15-23(34)12-20)30-24(7-6-10-37-30)21-8-9-26(35)25(14-21)32(42)36-5;1-17(2)28-35-9-10-37(28)16-26(38)36-25(13-18-11-20(30)15-21(31)12-18)27-22(5-4-8-34-27)19-6-7-24(32)23(14-19)29(39)33-3/h3-16,18,20-22,35,44H,17,19,23H2,1-2H3,(H,42,47)(H,45,46);6-12,14-16,18-19,27H,13,17H2,1-5H3,(H,36,42)(H,38,41);4-12,14-15,17,25H,13,16H2,1-3H3,(H,33,39)(H,36,38)/t35-;27-;25-/m000/s1. The number of aromatic nitrogens is 8. The lowest BCUT2D eigenvalue weighted by molar-refractivity contribution is -0.123. The minimum atomic E-state index is -0.820. The van der Waals surface area contributed by atoms with Crippen LogP contribution in [0, 0.1) is 53.5 Å². The highest BCUT2D eigenvalue weighted by atomic mass is 19.2. The molecule has 3 atom stereocenters. The number of nitrogens with zero attached hydrogens (tertiary/aromatic N) is 7. The van der Waals surface area contributed by atoms with Crippen LogP contribution in [-0.4, -0.2) is 95.6 Å². The van der Waals surface area contributed by atoms with Gasteiger partial charge >= 0.3 is 0 Å². The van der Waals surface area contributed by atoms with Crippen LogP contribution in [0.5, 0.6) is 5.75 Å². The summed E-state index contributed by atoms with van der Waals surface area (Å²) in [6.45, 7) is 14.3. The molecule has 0 saturated heterocycles. The highest BCUT2D eigenvalue weighted by Crippen LogP contribution is 2.37. The molecule has 0 aliphatic rings. The molecule has 0 radical (unpaired) electrons. The van der Waals surface area contributed by atoms with Crippen LogP contribution < -0.4 is 36.6 Å². The molecule has 14 rings (SSSR count). The van der Waals surface area contributed by atoms with Gasteiger partial charge in [0.25, 0.3) is 17.7 Å². The normalized spacial score (nSPS) is 11.9. The lowest BCUT2D eigenvalue weighted by Crippen LogP contribution is -2.34. The number of aryl methyl sites for hydroxylation is 1. The molecule has 21 nitrogen and oxygen atoms in total. The first kappa shape index (κ1) is 93.4. The molecule has 129 heavy (non-hydrogen) atoms. The van der Waals surface area contributed by atoms with Gasteiger partial charge in [-0.1, -0.05) is 114 Å². The summed E-state index contributed by atoms with van der Waals surface area (Å²) in [5, 5.41) is 17.3. The Hall–Kier alpha value is -14.8. The summed E-state index contributed by atoms with van der Waals surface area (Å²) in [5.74, 6) is -5.68. The molecule has 6 amide bonds. The van der Waals surface area contributed by atoms with Crippen LogP contribution in [0.4, 0.5) is 35.1 Å². The average Bonchev–Trinajstić information content (AvgIpc) is 0.939. The van der Waals surface area contributed by atoms with Crippen LogP contribution in [-0.2, 0) is 59.8 Å². The van der Waals surface area contributed by atoms with E-state index in [0.29, 0.717) is 79.3 Å². The average molecular weight is 1760 g/mol. The van der Waals surface area contributed by atoms with Crippen LogP contribution in [0.3, 0.4) is 0 Å². The molecule has 0 fully saturated rings. The Bertz CT molecular complexity index is 6330. The fourth-order valence-corrected chi connectivity index (χ4v) is 15.2. The zero-order chi connectivity index (χ0) is 92.3. The predicted octanol–water partition coefficient (Wildman–Crippen LogP) is 18.4. The Labute approximate surface area is 740 Å². The summed E-state index contributed by atoms with van der Waals surface area (Å²) >= 11 is 0. The van der Waals surface area contributed by atoms with Crippen LogP contribution in [0.25, 0.3) is 44.3 Å². The number of hydrogen-bond acceptors (Lipinski definition) is 12. The highest BCUT2D eigenvalue weighted by Gasteiger charge is 2.29. The van der Waals surface area contributed by atoms with Gasteiger partial charge < -0.3 is 50.8 Å². The van der Waals surface area contributed by atoms with Crippen molar-refractivity contribution < 1.29 is 68.6 Å². The number of aromatic amines is 1. The zero-order valence-electron chi connectivity index (χ0n) is 72.4. The van der Waals surface area contributed by atoms with Crippen molar-refractivity contribution in [3.8, 4) is 39.1 Å². The number of halogens is 8. The molecular weight excluding hydrogens is 1660 g/mol. The number of pyridine rings is 3. The largest absolute Gasteiger partial charge is 0.489 e. The topological polar surface area (TPSA) is 274 Å². The summed E-state index contributed by atoms with van der Waals surface area (Å²) in [7, 11) is 4.36. The molecule has 6 aromatic heterocycles. The number of ether oxygens (including phenoxy) is 1. The van der Waals surface area contributed by atoms with E-state index in [1.54, 1.807) is 84.9 Å². The highest BCUT2D eigenvalue weighted by molar-refractivity contribution is 5.97. The second-order valence-electron chi connectivity index (χ2n) is 31.8. The Kier molecular flexibility index (Phi) is 31.1. The van der Waals surface area contributed by atoms with Crippen molar-refractivity contribution in [3.63, 3.8) is 0 Å². The molecule has 7 N–H and O–H groups in total. The third-order valence-corrected chi connectivity index (χ3v) is 21.2. The van der Waals surface area contributed by atoms with Gasteiger partial charge in [0.1, 0.15) is 83.6 Å². The minimum Gasteiger partial charge on any atom is -0.489 e. The van der Waals surface area contributed by atoms with Crippen molar-refractivity contribution in [2.45, 2.75) is 130 Å². The smallest absolute Gasteiger partial charge is 0.254 e. The lowest BCUT2D eigenvalue weighted by atomic mass is 9.94. The molecular formula is C100H96F8N14O7. The number of rotatable bonds is 30. The van der Waals surface area contributed by atoms with Crippen molar-refractivity contribution in [3.05, 3.63) is 369 Å². The Morgan fingerprint density at radius 1 is 0.426 bits per heavy atom. The SMILES string of the molecule is CNC(=O)c1cc(-c2cccnc2[C@H](Cc2cc(F)cc(F)c2)NC(=O)Cn2cc(C(C)C)nc2C(C)C)ccc1F.CNC(=O)c1cc(-c2cccnc2[C@H](Cc2cc(F)cc(F)c2)NC(=O)Cn2ccnc2C(C)C)ccc1F.CNC(=O)c1cccc(-c2cccnc2[C@H](Cc2cc(F)cc(F)c2)NC(=O)Cc2c[nH]c3cc(C)c(OCc4ccccc4)cc23)c1. The first-order valence-electron chi connectivity index (χ1n) is 41.7. The third kappa shape index (κ3) is 24.3. The molecule has 6 heterocycles. The molecule has 0 bridgehead atoms. The number of carbonyl (C=O) groups excluding carboxylic acids is 6. The van der Waals surface area contributed by atoms with Crippen LogP contribution in [0.2, 0.25) is 0 Å². The maximum absolute atomic E-state index is 14.5. The maximum Gasteiger partial charge on any atom is 0.254 e. The fourth-order valence-electron chi connectivity index (χ4n) is 15.2. The molecule has 0 aliphatic carbocycles. The van der Waals surface area contributed by atoms with Crippen LogP contribution in [0.1, 0.15) is 176 Å². The number of fused-ring (bicyclic) bond motifs is 1. The molecule has 0 saturated carbocycles. The van der Waals surface area contributed by atoms with E-state index in [4.69, 9.17) is 9.72 Å². The summed E-state index contributed by atoms with van der Waals surface area (Å²) in [6, 6.07) is 46.7. The quantitative estimate of drug-likeness (QED) is 0.0207. The van der Waals surface area contributed by atoms with E-state index in [1.165, 1.54) is 99.3 Å². The van der Waals surface area contributed by atoms with Gasteiger partial charge in [-0.2, -0.15) is 0 Å². The van der Waals surface area contributed by atoms with Crippen LogP contribution in [0.15, 0.2) is 238 Å². The van der Waals surface area contributed by atoms with Gasteiger partial charge in [-0.15, -0.1) is 0 Å². The first-order valence-corrected chi connectivity index (χ1v) is 41.7. The Morgan fingerprint density at radius 3 is 1.33 bits per heavy atom. The summed E-state index contributed by atoms with van der Waals surface area (Å²) in [5.41, 5.74) is 10.3. The number of imidazole rings is 2. The number of amides is 6. The molecule has 0 unspecified atom stereocenters. The minimum absolute atomic E-state index is 0.0200. The van der Waals surface area contributed by atoms with Gasteiger partial charge in [0.05, 0.1) is 58.4 Å². The van der Waals surface area contributed by atoms with E-state index in [2.05, 4.69) is 56.8 Å². The molecule has 0 spiro atoms. The van der Waals surface area contributed by atoms with E-state index in [-0.39, 0.29) is 91.3 Å². The molecule has 14 aromatic rings. The number of benzene rings is 8. The number of nitrogens with one attached hydrogen (secondary N) is 7. The third-order valence-electron chi connectivity index (χ3n) is 21.2. The maximum atomic E-state index is 14.5. The van der Waals surface area contributed by atoms with E-state index in [0.717, 1.165) is 68.9 Å². The molecule has 0 aliphatic heterocycles.